The number of alkyl halides is 3. The fraction of sp³-hybridized carbons (Fsp3) is 0.450. The van der Waals surface area contributed by atoms with Gasteiger partial charge in [-0.3, -0.25) is 4.79 Å². The molecule has 0 unspecified atom stereocenters. The topological polar surface area (TPSA) is 50.5 Å². The first-order valence-electron chi connectivity index (χ1n) is 9.58. The summed E-state index contributed by atoms with van der Waals surface area (Å²) in [4.78, 5) is 19.5. The van der Waals surface area contributed by atoms with E-state index in [-0.39, 0.29) is 29.2 Å². The molecule has 9 heteroatoms. The minimum Gasteiger partial charge on any atom is -0.334 e. The number of carbonyl (C=O) groups is 1. The Labute approximate surface area is 170 Å². The van der Waals surface area contributed by atoms with Crippen molar-refractivity contribution in [2.75, 3.05) is 6.54 Å². The molecule has 0 aliphatic carbocycles. The Bertz CT molecular complexity index is 1030. The van der Waals surface area contributed by atoms with E-state index >= 15 is 0 Å². The molecule has 3 aromatic heterocycles. The Morgan fingerprint density at radius 1 is 1.28 bits per heavy atom. The molecule has 1 aliphatic heterocycles. The van der Waals surface area contributed by atoms with Crippen molar-refractivity contribution in [3.63, 3.8) is 0 Å². The maximum atomic E-state index is 13.8. The molecule has 29 heavy (non-hydrogen) atoms. The molecule has 3 aromatic rings. The van der Waals surface area contributed by atoms with Crippen LogP contribution in [0.1, 0.15) is 50.5 Å². The second-order valence-corrected chi connectivity index (χ2v) is 8.49. The monoisotopic (exact) mass is 422 g/mol. The summed E-state index contributed by atoms with van der Waals surface area (Å²) in [5, 5.41) is 6.06. The van der Waals surface area contributed by atoms with Crippen LogP contribution in [-0.4, -0.2) is 31.9 Å². The van der Waals surface area contributed by atoms with Crippen LogP contribution in [0.3, 0.4) is 0 Å². The van der Waals surface area contributed by atoms with Crippen molar-refractivity contribution in [3.8, 4) is 10.6 Å². The molecule has 0 spiro atoms. The Kier molecular flexibility index (Phi) is 5.10. The summed E-state index contributed by atoms with van der Waals surface area (Å²) in [7, 11) is 0. The molecule has 4 heterocycles. The van der Waals surface area contributed by atoms with Gasteiger partial charge in [-0.1, -0.05) is 19.9 Å². The molecular weight excluding hydrogens is 401 g/mol. The number of piperidine rings is 1. The lowest BCUT2D eigenvalue weighted by molar-refractivity contribution is -0.143. The van der Waals surface area contributed by atoms with Crippen molar-refractivity contribution in [2.45, 2.75) is 45.3 Å². The van der Waals surface area contributed by atoms with Crippen LogP contribution < -0.4 is 0 Å². The van der Waals surface area contributed by atoms with Crippen LogP contribution in [0.2, 0.25) is 0 Å². The van der Waals surface area contributed by atoms with Gasteiger partial charge < -0.3 is 4.90 Å². The molecule has 0 radical (unpaired) electrons. The van der Waals surface area contributed by atoms with E-state index in [1.165, 1.54) is 11.3 Å². The highest BCUT2D eigenvalue weighted by Gasteiger charge is 2.37. The number of hydrogen-bond donors (Lipinski definition) is 0. The van der Waals surface area contributed by atoms with Crippen LogP contribution in [-0.2, 0) is 11.0 Å². The van der Waals surface area contributed by atoms with Crippen LogP contribution in [0.15, 0.2) is 29.6 Å². The van der Waals surface area contributed by atoms with Gasteiger partial charge in [0, 0.05) is 18.5 Å². The third-order valence-corrected chi connectivity index (χ3v) is 6.02. The average Bonchev–Trinajstić information content (AvgIpc) is 3.35. The second kappa shape index (κ2) is 7.44. The number of fused-ring (bicyclic) bond motifs is 1. The van der Waals surface area contributed by atoms with Gasteiger partial charge in [-0.15, -0.1) is 11.3 Å². The van der Waals surface area contributed by atoms with E-state index in [0.29, 0.717) is 23.5 Å². The number of aromatic nitrogens is 3. The zero-order valence-corrected chi connectivity index (χ0v) is 16.9. The average molecular weight is 422 g/mol. The normalized spacial score (nSPS) is 18.0. The quantitative estimate of drug-likeness (QED) is 0.584. The van der Waals surface area contributed by atoms with Crippen molar-refractivity contribution in [1.29, 1.82) is 0 Å². The lowest BCUT2D eigenvalue weighted by Crippen LogP contribution is -2.40. The number of hydrogen-bond acceptors (Lipinski definition) is 4. The second-order valence-electron chi connectivity index (χ2n) is 7.54. The molecule has 1 atom stereocenters. The number of carbonyl (C=O) groups excluding carboxylic acids is 1. The molecule has 0 bridgehead atoms. The van der Waals surface area contributed by atoms with Gasteiger partial charge in [-0.25, -0.2) is 9.50 Å². The highest BCUT2D eigenvalue weighted by molar-refractivity contribution is 7.13. The summed E-state index contributed by atoms with van der Waals surface area (Å²) in [5.74, 6) is -0.183. The van der Waals surface area contributed by atoms with Crippen LogP contribution in [0.5, 0.6) is 0 Å². The Balaban J connectivity index is 1.83. The SMILES string of the molecule is CC(C)C(=O)N1CCCC[C@H]1c1cc2nc(-c3cccs3)cc(C(F)(F)F)n2n1. The zero-order chi connectivity index (χ0) is 20.8. The van der Waals surface area contributed by atoms with E-state index in [1.807, 2.05) is 13.8 Å². The molecule has 5 nitrogen and oxygen atoms in total. The van der Waals surface area contributed by atoms with Crippen LogP contribution >= 0.6 is 11.3 Å². The van der Waals surface area contributed by atoms with Crippen molar-refractivity contribution < 1.29 is 18.0 Å². The molecule has 0 aromatic carbocycles. The number of rotatable bonds is 3. The largest absolute Gasteiger partial charge is 0.433 e. The summed E-state index contributed by atoms with van der Waals surface area (Å²) in [6.07, 6.45) is -2.10. The molecule has 1 amide bonds. The fourth-order valence-electron chi connectivity index (χ4n) is 3.74. The van der Waals surface area contributed by atoms with Crippen molar-refractivity contribution in [2.24, 2.45) is 5.92 Å². The molecular formula is C20H21F3N4OS. The number of halogens is 3. The standard InChI is InChI=1S/C20H21F3N4OS/c1-12(2)19(28)26-8-4-3-6-15(26)13-11-18-24-14(16-7-5-9-29-16)10-17(20(21,22)23)27(18)25-13/h5,7,9-12,15H,3-4,6,8H2,1-2H3/t15-/m0/s1. The molecule has 0 saturated carbocycles. The van der Waals surface area contributed by atoms with Crippen molar-refractivity contribution in [1.82, 2.24) is 19.5 Å². The molecule has 0 N–H and O–H groups in total. The third-order valence-electron chi connectivity index (χ3n) is 5.13. The number of likely N-dealkylation sites (tertiary alicyclic amines) is 1. The van der Waals surface area contributed by atoms with Gasteiger partial charge in [0.25, 0.3) is 0 Å². The van der Waals surface area contributed by atoms with Crippen LogP contribution in [0.25, 0.3) is 16.2 Å². The van der Waals surface area contributed by atoms with Gasteiger partial charge in [0.1, 0.15) is 0 Å². The van der Waals surface area contributed by atoms with Crippen molar-refractivity contribution in [3.05, 3.63) is 41.0 Å². The molecule has 4 rings (SSSR count). The van der Waals surface area contributed by atoms with E-state index in [9.17, 15) is 18.0 Å². The van der Waals surface area contributed by atoms with Crippen LogP contribution in [0, 0.1) is 5.92 Å². The van der Waals surface area contributed by atoms with Crippen molar-refractivity contribution >= 4 is 22.9 Å². The van der Waals surface area contributed by atoms with E-state index in [4.69, 9.17) is 0 Å². The highest BCUT2D eigenvalue weighted by atomic mass is 32.1. The van der Waals surface area contributed by atoms with Crippen LogP contribution in [0.4, 0.5) is 13.2 Å². The van der Waals surface area contributed by atoms with Gasteiger partial charge >= 0.3 is 6.18 Å². The van der Waals surface area contributed by atoms with Gasteiger partial charge in [-0.05, 0) is 36.8 Å². The lowest BCUT2D eigenvalue weighted by atomic mass is 9.97. The molecule has 1 fully saturated rings. The first-order chi connectivity index (χ1) is 13.8. The minimum absolute atomic E-state index is 0.00460. The summed E-state index contributed by atoms with van der Waals surface area (Å²) in [6.45, 7) is 4.25. The van der Waals surface area contributed by atoms with E-state index < -0.39 is 11.9 Å². The van der Waals surface area contributed by atoms with E-state index in [2.05, 4.69) is 10.1 Å². The molecule has 1 aliphatic rings. The first-order valence-corrected chi connectivity index (χ1v) is 10.5. The Morgan fingerprint density at radius 3 is 2.72 bits per heavy atom. The predicted octanol–water partition coefficient (Wildman–Crippen LogP) is 5.19. The van der Waals surface area contributed by atoms with Gasteiger partial charge in [-0.2, -0.15) is 18.3 Å². The summed E-state index contributed by atoms with van der Waals surface area (Å²) < 4.78 is 42.1. The maximum Gasteiger partial charge on any atom is 0.433 e. The Hall–Kier alpha value is -2.42. The van der Waals surface area contributed by atoms with E-state index in [0.717, 1.165) is 23.4 Å². The van der Waals surface area contributed by atoms with Gasteiger partial charge in [0.2, 0.25) is 5.91 Å². The minimum atomic E-state index is -4.57. The maximum absolute atomic E-state index is 13.8. The predicted molar refractivity (Wildman–Crippen MR) is 104 cm³/mol. The summed E-state index contributed by atoms with van der Waals surface area (Å²) in [6, 6.07) is 5.81. The lowest BCUT2D eigenvalue weighted by Gasteiger charge is -2.35. The summed E-state index contributed by atoms with van der Waals surface area (Å²) >= 11 is 1.33. The number of amides is 1. The van der Waals surface area contributed by atoms with E-state index in [1.54, 1.807) is 28.5 Å². The number of thiophene rings is 1. The molecule has 154 valence electrons. The first kappa shape index (κ1) is 19.9. The third kappa shape index (κ3) is 3.75. The Morgan fingerprint density at radius 2 is 2.07 bits per heavy atom. The fourth-order valence-corrected chi connectivity index (χ4v) is 4.43. The zero-order valence-electron chi connectivity index (χ0n) is 16.1. The number of nitrogens with zero attached hydrogens (tertiary/aromatic N) is 4. The summed E-state index contributed by atoms with van der Waals surface area (Å²) in [5.41, 5.74) is 0.000464. The van der Waals surface area contributed by atoms with Gasteiger partial charge in [0.15, 0.2) is 11.3 Å². The molecule has 1 saturated heterocycles. The van der Waals surface area contributed by atoms with Gasteiger partial charge in [0.05, 0.1) is 22.3 Å². The highest BCUT2D eigenvalue weighted by Crippen LogP contribution is 2.36. The smallest absolute Gasteiger partial charge is 0.334 e.